The van der Waals surface area contributed by atoms with Crippen LogP contribution in [0.3, 0.4) is 0 Å². The van der Waals surface area contributed by atoms with E-state index in [1.165, 1.54) is 25.8 Å². The normalized spacial score (nSPS) is 12.1. The molecule has 0 radical (unpaired) electrons. The summed E-state index contributed by atoms with van der Waals surface area (Å²) in [5.74, 6) is 0.668. The zero-order valence-electron chi connectivity index (χ0n) is 38.0. The topological polar surface area (TPSA) is 171 Å². The van der Waals surface area contributed by atoms with Gasteiger partial charge in [-0.05, 0) is 88.8 Å². The molecule has 0 fully saturated rings. The summed E-state index contributed by atoms with van der Waals surface area (Å²) in [7, 11) is 3.07. The highest BCUT2D eigenvalue weighted by Gasteiger charge is 2.21. The Balaban J connectivity index is 0.000000186. The number of fused-ring (bicyclic) bond motifs is 4. The lowest BCUT2D eigenvalue weighted by molar-refractivity contribution is -0.144. The Labute approximate surface area is 391 Å². The molecule has 1 N–H and O–H groups in total. The second kappa shape index (κ2) is 23.4. The van der Waals surface area contributed by atoms with E-state index in [-0.39, 0.29) is 35.7 Å². The van der Waals surface area contributed by atoms with Crippen LogP contribution in [-0.4, -0.2) is 77.6 Å². The number of rotatable bonds is 16. The third-order valence-corrected chi connectivity index (χ3v) is 10.6. The molecule has 352 valence electrons. The van der Waals surface area contributed by atoms with Crippen molar-refractivity contribution in [2.45, 2.75) is 66.2 Å². The Bertz CT molecular complexity index is 2820. The number of nitrogens with zero attached hydrogens (tertiary/aromatic N) is 4. The van der Waals surface area contributed by atoms with Crippen molar-refractivity contribution in [3.05, 3.63) is 111 Å². The van der Waals surface area contributed by atoms with Crippen molar-refractivity contribution < 1.29 is 56.6 Å². The first-order chi connectivity index (χ1) is 32.3. The minimum Gasteiger partial charge on any atom is -0.505 e. The van der Waals surface area contributed by atoms with E-state index in [1.807, 2.05) is 26.0 Å². The lowest BCUT2D eigenvalue weighted by Crippen LogP contribution is -2.07. The van der Waals surface area contributed by atoms with Gasteiger partial charge in [0.1, 0.15) is 17.8 Å². The predicted molar refractivity (Wildman–Crippen MR) is 249 cm³/mol. The number of aromatic hydroxyl groups is 1. The number of carbonyl (C=O) groups excluding carboxylic acids is 2. The Kier molecular flexibility index (Phi) is 17.2. The van der Waals surface area contributed by atoms with E-state index in [0.717, 1.165) is 35.1 Å². The molecule has 0 spiro atoms. The number of carbonyl (C=O) groups is 2. The molecule has 2 aliphatic carbocycles. The summed E-state index contributed by atoms with van der Waals surface area (Å²) in [4.78, 5) is 39.3. The minimum atomic E-state index is -0.496. The number of hydrogen-bond acceptors (Lipinski definition) is 14. The van der Waals surface area contributed by atoms with Crippen LogP contribution >= 0.6 is 11.6 Å². The van der Waals surface area contributed by atoms with E-state index in [9.17, 15) is 14.0 Å². The summed E-state index contributed by atoms with van der Waals surface area (Å²) < 4.78 is 66.1. The van der Waals surface area contributed by atoms with E-state index >= 15 is 4.39 Å². The fourth-order valence-electron chi connectivity index (χ4n) is 7.20. The number of ether oxygens (including phenoxy) is 7. The number of benzene rings is 4. The van der Waals surface area contributed by atoms with E-state index in [1.54, 1.807) is 63.4 Å². The molecule has 4 aromatic carbocycles. The first kappa shape index (κ1) is 49.4. The summed E-state index contributed by atoms with van der Waals surface area (Å²) in [5, 5.41) is 10.7. The summed E-state index contributed by atoms with van der Waals surface area (Å²) in [6, 6.07) is 13.5. The smallest absolute Gasteiger partial charge is 0.305 e. The molecule has 0 amide bonds. The highest BCUT2D eigenvalue weighted by atomic mass is 35.5. The average molecular weight is 941 g/mol. The van der Waals surface area contributed by atoms with Gasteiger partial charge < -0.3 is 38.3 Å². The first-order valence-corrected chi connectivity index (χ1v) is 21.9. The number of hydrogen-bond donors (Lipinski definition) is 1. The third-order valence-electron chi connectivity index (χ3n) is 10.3. The number of phenols is 1. The van der Waals surface area contributed by atoms with Crippen molar-refractivity contribution in [3.63, 3.8) is 0 Å². The molecule has 6 aromatic rings. The van der Waals surface area contributed by atoms with E-state index < -0.39 is 11.6 Å². The largest absolute Gasteiger partial charge is 0.505 e. The van der Waals surface area contributed by atoms with Crippen LogP contribution in [0.1, 0.15) is 75.6 Å². The van der Waals surface area contributed by atoms with Gasteiger partial charge in [0.25, 0.3) is 0 Å². The SMILES string of the molecule is CC1=Cc2c(ccc(O)c2F)C1.CCOC(=O)CCCOc1cc2ncnc(Cl)c2cc1OC.CCOC(=O)CCCOc1cc2ncnc(Oc3ccc4c(c3F)C=C(C)C4)c2cc1OC. The van der Waals surface area contributed by atoms with Crippen molar-refractivity contribution in [2.75, 3.05) is 40.6 Å². The molecule has 0 saturated carbocycles. The Hall–Kier alpha value is -7.07. The second-order valence-electron chi connectivity index (χ2n) is 15.3. The number of aromatic nitrogens is 4. The lowest BCUT2D eigenvalue weighted by atomic mass is 10.1. The van der Waals surface area contributed by atoms with Gasteiger partial charge in [0, 0.05) is 41.5 Å². The molecule has 14 nitrogen and oxygen atoms in total. The molecule has 2 aliphatic rings. The lowest BCUT2D eigenvalue weighted by Gasteiger charge is -2.14. The summed E-state index contributed by atoms with van der Waals surface area (Å²) in [6.45, 7) is 8.90. The molecule has 0 saturated heterocycles. The maximum absolute atomic E-state index is 15.0. The number of allylic oxidation sites excluding steroid dienone is 2. The highest BCUT2D eigenvalue weighted by Crippen LogP contribution is 2.39. The van der Waals surface area contributed by atoms with Crippen LogP contribution in [0, 0.1) is 11.6 Å². The minimum absolute atomic E-state index is 0.0953. The Morgan fingerprint density at radius 2 is 1.16 bits per heavy atom. The zero-order chi connectivity index (χ0) is 48.0. The maximum atomic E-state index is 15.0. The Morgan fingerprint density at radius 1 is 0.657 bits per heavy atom. The van der Waals surface area contributed by atoms with Crippen molar-refractivity contribution in [1.82, 2.24) is 19.9 Å². The predicted octanol–water partition coefficient (Wildman–Crippen LogP) is 10.8. The summed E-state index contributed by atoms with van der Waals surface area (Å²) in [6.07, 6.45) is 9.55. The molecular formula is C50H51ClF2N4O10. The van der Waals surface area contributed by atoms with Crippen LogP contribution in [0.2, 0.25) is 5.15 Å². The van der Waals surface area contributed by atoms with Crippen LogP contribution in [0.25, 0.3) is 34.0 Å². The molecule has 0 aliphatic heterocycles. The summed E-state index contributed by atoms with van der Waals surface area (Å²) >= 11 is 6.03. The number of phenolic OH excluding ortho intramolecular Hbond substituents is 1. The van der Waals surface area contributed by atoms with Gasteiger partial charge in [-0.3, -0.25) is 9.59 Å². The van der Waals surface area contributed by atoms with Gasteiger partial charge in [-0.2, -0.15) is 0 Å². The molecule has 0 unspecified atom stereocenters. The molecule has 0 atom stereocenters. The molecule has 2 heterocycles. The molecule has 2 aromatic heterocycles. The van der Waals surface area contributed by atoms with Gasteiger partial charge in [0.15, 0.2) is 46.1 Å². The van der Waals surface area contributed by atoms with Gasteiger partial charge in [0.2, 0.25) is 5.88 Å². The van der Waals surface area contributed by atoms with E-state index in [4.69, 9.17) is 49.9 Å². The number of methoxy groups -OCH3 is 2. The number of halogens is 3. The fraction of sp³-hybridized carbons (Fsp3) is 0.320. The fourth-order valence-corrected chi connectivity index (χ4v) is 7.39. The Morgan fingerprint density at radius 3 is 1.72 bits per heavy atom. The maximum Gasteiger partial charge on any atom is 0.305 e. The van der Waals surface area contributed by atoms with Crippen molar-refractivity contribution in [2.24, 2.45) is 0 Å². The molecule has 8 rings (SSSR count). The molecule has 67 heavy (non-hydrogen) atoms. The van der Waals surface area contributed by atoms with Crippen LogP contribution in [0.5, 0.6) is 40.4 Å². The summed E-state index contributed by atoms with van der Waals surface area (Å²) in [5.41, 5.74) is 6.47. The second-order valence-corrected chi connectivity index (χ2v) is 15.6. The first-order valence-electron chi connectivity index (χ1n) is 21.6. The van der Waals surface area contributed by atoms with Gasteiger partial charge in [-0.1, -0.05) is 47.0 Å². The van der Waals surface area contributed by atoms with Gasteiger partial charge in [-0.15, -0.1) is 0 Å². The van der Waals surface area contributed by atoms with Crippen LogP contribution in [0.4, 0.5) is 8.78 Å². The standard InChI is InChI=1S/C25H25FN2O5.C15H17ClN2O4.C10H9FO/c1-4-31-23(29)6-5-9-32-22-13-19-18(12-21(22)30-3)25(28-14-27-19)33-20-8-7-16-10-15(2)11-17(16)24(20)26;1-3-21-14(19)5-4-6-22-13-8-11-10(7-12(13)20-2)15(16)18-9-17-11;1-6-4-7-2-3-9(12)10(11)8(7)5-6/h7-8,11-14H,4-6,9-10H2,1-3H3;7-9H,3-6H2,1-2H3;2-3,5,12H,4H2,1H3. The van der Waals surface area contributed by atoms with E-state index in [2.05, 4.69) is 19.9 Å². The zero-order valence-corrected chi connectivity index (χ0v) is 38.8. The van der Waals surface area contributed by atoms with Crippen LogP contribution < -0.4 is 23.7 Å². The van der Waals surface area contributed by atoms with Gasteiger partial charge in [0.05, 0.1) is 57.1 Å². The van der Waals surface area contributed by atoms with Crippen LogP contribution in [-0.2, 0) is 31.9 Å². The van der Waals surface area contributed by atoms with Crippen molar-refractivity contribution >= 4 is 57.5 Å². The van der Waals surface area contributed by atoms with E-state index in [0.29, 0.717) is 107 Å². The van der Waals surface area contributed by atoms with Crippen LogP contribution in [0.15, 0.2) is 72.3 Å². The average Bonchev–Trinajstić information content (AvgIpc) is 3.91. The van der Waals surface area contributed by atoms with Gasteiger partial charge in [-0.25, -0.2) is 28.7 Å². The highest BCUT2D eigenvalue weighted by molar-refractivity contribution is 6.34. The number of esters is 2. The quantitative estimate of drug-likeness (QED) is 0.0552. The van der Waals surface area contributed by atoms with Gasteiger partial charge >= 0.3 is 11.9 Å². The molecule has 0 bridgehead atoms. The third kappa shape index (κ3) is 12.6. The molecule has 17 heteroatoms. The van der Waals surface area contributed by atoms with Crippen molar-refractivity contribution in [3.8, 4) is 40.4 Å². The monoisotopic (exact) mass is 940 g/mol. The van der Waals surface area contributed by atoms with Crippen molar-refractivity contribution in [1.29, 1.82) is 0 Å². The molecular weight excluding hydrogens is 890 g/mol.